The highest BCUT2D eigenvalue weighted by Gasteiger charge is 2.24. The van der Waals surface area contributed by atoms with Crippen molar-refractivity contribution in [3.05, 3.63) is 484 Å². The minimum absolute atomic E-state index is 0.495. The highest BCUT2D eigenvalue weighted by Crippen LogP contribution is 2.47. The number of nitriles is 3. The van der Waals surface area contributed by atoms with Crippen LogP contribution >= 0.6 is 0 Å². The van der Waals surface area contributed by atoms with E-state index in [0.717, 1.165) is 232 Å². The van der Waals surface area contributed by atoms with E-state index >= 15 is 0 Å². The standard InChI is InChI=1S/C129H77N9/c130-78-81-36-37-84-40-59-100(72-103(84)70-81)109-69-68-107(112-32-17-18-33-113(109)112)86-41-51-91(52-42-86)121-74-104(82-20-5-1-6-21-82)75-122(133-121)92-53-43-88(44-54-92)117-76-118(120(80-132)119-73-101(62-66-115(117)119)105-35-19-29-99-71-98(61-64-108(99)105)83-38-49-93(50-39-83)124-77-123(90-23-7-2-8-24-90)134-126(135-124)94-25-9-3-10-26-94)89-47-57-97(58-48-89)129-137-127(95-27-11-4-12-28-95)136-128(138-129)96-55-45-87(46-56-96)111-65-60-85-22-13-14-31-110(85)125(111)116-67-63-102(79-131)106-30-15-16-34-114(106)116/h1-77H. The van der Waals surface area contributed by atoms with E-state index < -0.39 is 0 Å². The molecule has 24 rings (SSSR count). The molecule has 9 heteroatoms. The molecular formula is C129H77N9. The van der Waals surface area contributed by atoms with Gasteiger partial charge in [-0.1, -0.05) is 406 Å². The smallest absolute Gasteiger partial charge is 0.164 e. The number of nitrogens with zero attached hydrogens (tertiary/aromatic N) is 9. The fourth-order valence-corrected chi connectivity index (χ4v) is 19.7. The first kappa shape index (κ1) is 82.1. The number of benzene rings is 21. The highest BCUT2D eigenvalue weighted by atomic mass is 15.0. The van der Waals surface area contributed by atoms with Gasteiger partial charge < -0.3 is 0 Å². The maximum atomic E-state index is 11.9. The first-order valence-corrected chi connectivity index (χ1v) is 46.1. The molecule has 0 fully saturated rings. The molecule has 0 radical (unpaired) electrons. The third kappa shape index (κ3) is 15.4. The quantitative estimate of drug-likeness (QED) is 0.0868. The predicted octanol–water partition coefficient (Wildman–Crippen LogP) is 32.9. The van der Waals surface area contributed by atoms with Gasteiger partial charge in [0.1, 0.15) is 6.07 Å². The topological polar surface area (TPSA) is 149 Å². The van der Waals surface area contributed by atoms with Gasteiger partial charge in [0, 0.05) is 60.8 Å². The summed E-state index contributed by atoms with van der Waals surface area (Å²) in [6.07, 6.45) is 0. The Morgan fingerprint density at radius 1 is 0.152 bits per heavy atom. The number of hydrogen-bond acceptors (Lipinski definition) is 9. The van der Waals surface area contributed by atoms with Gasteiger partial charge in [0.05, 0.1) is 51.6 Å². The van der Waals surface area contributed by atoms with Crippen molar-refractivity contribution in [3.63, 3.8) is 0 Å². The molecule has 0 unspecified atom stereocenters. The molecule has 0 aliphatic rings. The summed E-state index contributed by atoms with van der Waals surface area (Å²) < 4.78 is 0. The summed E-state index contributed by atoms with van der Waals surface area (Å²) in [5.41, 5.74) is 31.0. The number of pyridine rings is 1. The summed E-state index contributed by atoms with van der Waals surface area (Å²) >= 11 is 0. The van der Waals surface area contributed by atoms with E-state index in [2.05, 4.69) is 370 Å². The van der Waals surface area contributed by atoms with Crippen molar-refractivity contribution < 1.29 is 0 Å². The molecule has 3 aromatic heterocycles. The lowest BCUT2D eigenvalue weighted by molar-refractivity contribution is 1.07. The monoisotopic (exact) mass is 1750 g/mol. The Hall–Kier alpha value is -19.1. The molecule has 0 bridgehead atoms. The molecule has 0 saturated carbocycles. The lowest BCUT2D eigenvalue weighted by Crippen LogP contribution is -2.00. The molecule has 24 aromatic rings. The molecule has 0 aliphatic heterocycles. The number of hydrogen-bond donors (Lipinski definition) is 0. The van der Waals surface area contributed by atoms with Crippen molar-refractivity contribution in [1.82, 2.24) is 29.9 Å². The molecule has 9 nitrogen and oxygen atoms in total. The van der Waals surface area contributed by atoms with Gasteiger partial charge in [0.2, 0.25) is 0 Å². The van der Waals surface area contributed by atoms with E-state index in [1.54, 1.807) is 0 Å². The molecule has 0 N–H and O–H groups in total. The Balaban J connectivity index is 0.593. The molecule has 138 heavy (non-hydrogen) atoms. The van der Waals surface area contributed by atoms with Crippen LogP contribution in [-0.4, -0.2) is 29.9 Å². The molecule has 0 amide bonds. The lowest BCUT2D eigenvalue weighted by Gasteiger charge is -2.17. The van der Waals surface area contributed by atoms with Crippen molar-refractivity contribution >= 4 is 64.6 Å². The normalized spacial score (nSPS) is 11.3. The van der Waals surface area contributed by atoms with Crippen LogP contribution in [0.3, 0.4) is 0 Å². The van der Waals surface area contributed by atoms with Crippen molar-refractivity contribution in [2.24, 2.45) is 0 Å². The molecule has 0 saturated heterocycles. The zero-order chi connectivity index (χ0) is 92.1. The summed E-state index contributed by atoms with van der Waals surface area (Å²) in [6, 6.07) is 170. The van der Waals surface area contributed by atoms with E-state index in [4.69, 9.17) is 29.9 Å². The van der Waals surface area contributed by atoms with Crippen LogP contribution in [0.2, 0.25) is 0 Å². The Morgan fingerprint density at radius 3 is 1.12 bits per heavy atom. The second-order valence-electron chi connectivity index (χ2n) is 34.8. The van der Waals surface area contributed by atoms with E-state index in [0.29, 0.717) is 40.0 Å². The largest absolute Gasteiger partial charge is 0.248 e. The van der Waals surface area contributed by atoms with E-state index in [1.807, 2.05) is 115 Å². The molecule has 638 valence electrons. The van der Waals surface area contributed by atoms with Gasteiger partial charge in [0.25, 0.3) is 0 Å². The minimum atomic E-state index is 0.495. The van der Waals surface area contributed by atoms with Crippen molar-refractivity contribution in [1.29, 1.82) is 15.8 Å². The highest BCUT2D eigenvalue weighted by molar-refractivity contribution is 6.13. The first-order valence-electron chi connectivity index (χ1n) is 46.1. The molecular weight excluding hydrogens is 1680 g/mol. The van der Waals surface area contributed by atoms with Crippen LogP contribution in [-0.2, 0) is 0 Å². The van der Waals surface area contributed by atoms with Crippen LogP contribution in [0.25, 0.3) is 255 Å². The molecule has 0 aliphatic carbocycles. The number of aromatic nitrogens is 6. The van der Waals surface area contributed by atoms with E-state index in [1.165, 1.54) is 0 Å². The van der Waals surface area contributed by atoms with Gasteiger partial charge in [-0.15, -0.1) is 0 Å². The Labute approximate surface area is 797 Å². The molecule has 0 atom stereocenters. The van der Waals surface area contributed by atoms with Gasteiger partial charge in [-0.05, 0) is 209 Å². The van der Waals surface area contributed by atoms with Crippen LogP contribution in [0.4, 0.5) is 0 Å². The summed E-state index contributed by atoms with van der Waals surface area (Å²) in [7, 11) is 0. The number of rotatable bonds is 17. The summed E-state index contributed by atoms with van der Waals surface area (Å²) in [4.78, 5) is 31.4. The number of fused-ring (bicyclic) bond motifs is 6. The van der Waals surface area contributed by atoms with Crippen LogP contribution in [0.15, 0.2) is 467 Å². The summed E-state index contributed by atoms with van der Waals surface area (Å²) in [5, 5.41) is 44.4. The Bertz CT molecular complexity index is 9050. The average molecular weight is 1750 g/mol. The van der Waals surface area contributed by atoms with Crippen molar-refractivity contribution in [2.75, 3.05) is 0 Å². The molecule has 21 aromatic carbocycles. The minimum Gasteiger partial charge on any atom is -0.248 e. The van der Waals surface area contributed by atoms with Gasteiger partial charge in [-0.3, -0.25) is 0 Å². The van der Waals surface area contributed by atoms with Crippen LogP contribution in [0.5, 0.6) is 0 Å². The fraction of sp³-hybridized carbons (Fsp3) is 0. The van der Waals surface area contributed by atoms with Gasteiger partial charge >= 0.3 is 0 Å². The average Bonchev–Trinajstić information content (AvgIpc) is 0.748. The SMILES string of the molecule is N#Cc1ccc2ccc(-c3ccc(-c4ccc(-c5cc(-c6ccccc6)cc(-c6ccc(-c7cc(-c8ccc(-c9nc(-c%10ccccc%10)nc(-c%10ccc(-c%11ccc%12ccccc%12c%11-c%11ccc(C#N)c%12ccccc%11%12)cc%10)n9)cc8)c(C#N)c8cc(-c9cccc%10cc(-c%11ccc(-c%12cc(-c%13ccccc%13)nc(-c%13ccccc%13)n%12)cc%11)ccc9%10)ccc78)cc6)n5)cc4)c4ccccc34)cc2c1. The maximum Gasteiger partial charge on any atom is 0.164 e. The van der Waals surface area contributed by atoms with Crippen LogP contribution in [0, 0.1) is 34.0 Å². The summed E-state index contributed by atoms with van der Waals surface area (Å²) in [5.74, 6) is 2.21. The first-order chi connectivity index (χ1) is 68.2. The Kier molecular flexibility index (Phi) is 20.9. The maximum absolute atomic E-state index is 11.9. The van der Waals surface area contributed by atoms with Crippen molar-refractivity contribution in [2.45, 2.75) is 0 Å². The zero-order valence-corrected chi connectivity index (χ0v) is 74.5. The zero-order valence-electron chi connectivity index (χ0n) is 74.5. The fourth-order valence-electron chi connectivity index (χ4n) is 19.7. The third-order valence-corrected chi connectivity index (χ3v) is 26.7. The van der Waals surface area contributed by atoms with Gasteiger partial charge in [-0.2, -0.15) is 15.8 Å². The molecule has 3 heterocycles. The van der Waals surface area contributed by atoms with E-state index in [-0.39, 0.29) is 0 Å². The molecule has 0 spiro atoms. The second kappa shape index (κ2) is 35.2. The van der Waals surface area contributed by atoms with Crippen molar-refractivity contribution in [3.8, 4) is 209 Å². The van der Waals surface area contributed by atoms with Crippen LogP contribution < -0.4 is 0 Å². The lowest BCUT2D eigenvalue weighted by atomic mass is 9.86. The van der Waals surface area contributed by atoms with Gasteiger partial charge in [-0.25, -0.2) is 29.9 Å². The second-order valence-corrected chi connectivity index (χ2v) is 34.8. The Morgan fingerprint density at radius 2 is 0.529 bits per heavy atom. The van der Waals surface area contributed by atoms with E-state index in [9.17, 15) is 15.8 Å². The third-order valence-electron chi connectivity index (χ3n) is 26.7. The van der Waals surface area contributed by atoms with Crippen LogP contribution in [0.1, 0.15) is 16.7 Å². The van der Waals surface area contributed by atoms with Gasteiger partial charge in [0.15, 0.2) is 23.3 Å². The predicted molar refractivity (Wildman–Crippen MR) is 565 cm³/mol. The summed E-state index contributed by atoms with van der Waals surface area (Å²) in [6.45, 7) is 0.